The maximum absolute atomic E-state index is 11.4. The first-order chi connectivity index (χ1) is 6.46. The van der Waals surface area contributed by atoms with Crippen LogP contribution in [0.5, 0.6) is 0 Å². The highest BCUT2D eigenvalue weighted by Gasteiger charge is 2.51. The van der Waals surface area contributed by atoms with Gasteiger partial charge in [-0.1, -0.05) is 33.6 Å². The normalized spacial score (nSPS) is 31.4. The topological polar surface area (TPSA) is 49.3 Å². The largest absolute Gasteiger partial charge is 0.480 e. The van der Waals surface area contributed by atoms with E-state index in [0.29, 0.717) is 0 Å². The van der Waals surface area contributed by atoms with Gasteiger partial charge in [0.2, 0.25) is 0 Å². The molecule has 1 atom stereocenters. The van der Waals surface area contributed by atoms with Crippen LogP contribution in [0, 0.1) is 5.41 Å². The molecule has 0 saturated heterocycles. The van der Waals surface area contributed by atoms with Gasteiger partial charge in [0.25, 0.3) is 0 Å². The first-order valence-corrected chi connectivity index (χ1v) is 5.45. The van der Waals surface area contributed by atoms with Gasteiger partial charge in [-0.3, -0.25) is 4.79 Å². The van der Waals surface area contributed by atoms with Crippen molar-refractivity contribution in [2.75, 3.05) is 6.54 Å². The van der Waals surface area contributed by atoms with Crippen molar-refractivity contribution >= 4 is 5.97 Å². The Bertz CT molecular complexity index is 221. The van der Waals surface area contributed by atoms with Gasteiger partial charge in [-0.15, -0.1) is 0 Å². The SMILES string of the molecule is CCNC1(C(=O)O)CCCCC1(C)C. The minimum atomic E-state index is -0.708. The Labute approximate surface area is 85.9 Å². The zero-order valence-electron chi connectivity index (χ0n) is 9.39. The van der Waals surface area contributed by atoms with Crippen molar-refractivity contribution in [2.24, 2.45) is 5.41 Å². The summed E-state index contributed by atoms with van der Waals surface area (Å²) in [6.45, 7) is 6.80. The zero-order valence-corrected chi connectivity index (χ0v) is 9.39. The van der Waals surface area contributed by atoms with Gasteiger partial charge in [0.1, 0.15) is 5.54 Å². The van der Waals surface area contributed by atoms with E-state index < -0.39 is 11.5 Å². The van der Waals surface area contributed by atoms with Crippen LogP contribution in [0.4, 0.5) is 0 Å². The summed E-state index contributed by atoms with van der Waals surface area (Å²) in [4.78, 5) is 11.4. The van der Waals surface area contributed by atoms with Crippen LogP contribution in [-0.2, 0) is 4.79 Å². The van der Waals surface area contributed by atoms with Crippen molar-refractivity contribution in [3.63, 3.8) is 0 Å². The summed E-state index contributed by atoms with van der Waals surface area (Å²) < 4.78 is 0. The van der Waals surface area contributed by atoms with Gasteiger partial charge >= 0.3 is 5.97 Å². The lowest BCUT2D eigenvalue weighted by Crippen LogP contribution is -2.62. The van der Waals surface area contributed by atoms with E-state index >= 15 is 0 Å². The fourth-order valence-corrected chi connectivity index (χ4v) is 2.61. The Kier molecular flexibility index (Phi) is 3.20. The Balaban J connectivity index is 2.98. The molecular weight excluding hydrogens is 178 g/mol. The van der Waals surface area contributed by atoms with E-state index in [9.17, 15) is 9.90 Å². The van der Waals surface area contributed by atoms with E-state index in [0.717, 1.165) is 32.2 Å². The smallest absolute Gasteiger partial charge is 0.324 e. The summed E-state index contributed by atoms with van der Waals surface area (Å²) in [6.07, 6.45) is 3.91. The molecule has 3 nitrogen and oxygen atoms in total. The van der Waals surface area contributed by atoms with Crippen LogP contribution in [0.25, 0.3) is 0 Å². The predicted molar refractivity (Wildman–Crippen MR) is 56.3 cm³/mol. The lowest BCUT2D eigenvalue weighted by molar-refractivity contribution is -0.153. The van der Waals surface area contributed by atoms with E-state index in [-0.39, 0.29) is 5.41 Å². The minimum Gasteiger partial charge on any atom is -0.480 e. The highest BCUT2D eigenvalue weighted by Crippen LogP contribution is 2.43. The third-order valence-electron chi connectivity index (χ3n) is 3.60. The highest BCUT2D eigenvalue weighted by atomic mass is 16.4. The molecule has 14 heavy (non-hydrogen) atoms. The number of hydrogen-bond donors (Lipinski definition) is 2. The highest BCUT2D eigenvalue weighted by molar-refractivity contribution is 5.80. The van der Waals surface area contributed by atoms with Crippen molar-refractivity contribution in [3.8, 4) is 0 Å². The molecule has 0 aliphatic heterocycles. The minimum absolute atomic E-state index is 0.146. The van der Waals surface area contributed by atoms with Crippen LogP contribution < -0.4 is 5.32 Å². The Hall–Kier alpha value is -0.570. The third-order valence-corrected chi connectivity index (χ3v) is 3.60. The molecule has 1 saturated carbocycles. The van der Waals surface area contributed by atoms with E-state index in [4.69, 9.17) is 0 Å². The van der Waals surface area contributed by atoms with E-state index in [2.05, 4.69) is 19.2 Å². The Morgan fingerprint density at radius 2 is 1.93 bits per heavy atom. The van der Waals surface area contributed by atoms with Crippen LogP contribution in [0.2, 0.25) is 0 Å². The van der Waals surface area contributed by atoms with Crippen molar-refractivity contribution in [1.82, 2.24) is 5.32 Å². The van der Waals surface area contributed by atoms with Gasteiger partial charge < -0.3 is 10.4 Å². The van der Waals surface area contributed by atoms with E-state index in [1.54, 1.807) is 0 Å². The Morgan fingerprint density at radius 1 is 1.36 bits per heavy atom. The molecule has 0 aromatic rings. The molecule has 0 amide bonds. The molecule has 1 rings (SSSR count). The van der Waals surface area contributed by atoms with Crippen molar-refractivity contribution < 1.29 is 9.90 Å². The maximum atomic E-state index is 11.4. The Morgan fingerprint density at radius 3 is 2.36 bits per heavy atom. The van der Waals surface area contributed by atoms with Crippen LogP contribution in [-0.4, -0.2) is 23.2 Å². The second-order valence-electron chi connectivity index (χ2n) is 4.83. The number of hydrogen-bond acceptors (Lipinski definition) is 2. The molecule has 0 aromatic heterocycles. The number of aliphatic carboxylic acids is 1. The molecule has 0 bridgehead atoms. The van der Waals surface area contributed by atoms with Crippen LogP contribution >= 0.6 is 0 Å². The second-order valence-corrected chi connectivity index (χ2v) is 4.83. The van der Waals surface area contributed by atoms with Gasteiger partial charge in [0.15, 0.2) is 0 Å². The molecule has 1 aliphatic carbocycles. The lowest BCUT2D eigenvalue weighted by atomic mass is 9.63. The van der Waals surface area contributed by atoms with Crippen molar-refractivity contribution in [1.29, 1.82) is 0 Å². The molecule has 82 valence electrons. The second kappa shape index (κ2) is 3.89. The third kappa shape index (κ3) is 1.65. The molecule has 3 heteroatoms. The number of carbonyl (C=O) groups is 1. The molecule has 1 aliphatic rings. The van der Waals surface area contributed by atoms with Gasteiger partial charge in [-0.2, -0.15) is 0 Å². The number of rotatable bonds is 3. The fourth-order valence-electron chi connectivity index (χ4n) is 2.61. The summed E-state index contributed by atoms with van der Waals surface area (Å²) in [5, 5.41) is 12.6. The molecule has 1 unspecified atom stereocenters. The number of carboxylic acids is 1. The van der Waals surface area contributed by atoms with E-state index in [1.807, 2.05) is 6.92 Å². The average Bonchev–Trinajstić information content (AvgIpc) is 2.08. The van der Waals surface area contributed by atoms with Gasteiger partial charge in [-0.25, -0.2) is 0 Å². The standard InChI is InChI=1S/C11H21NO2/c1-4-12-11(9(13)14)8-6-5-7-10(11,2)3/h12H,4-8H2,1-3H3,(H,13,14). The first kappa shape index (κ1) is 11.5. The molecule has 1 fully saturated rings. The number of nitrogens with one attached hydrogen (secondary N) is 1. The van der Waals surface area contributed by atoms with Gasteiger partial charge in [-0.05, 0) is 24.8 Å². The summed E-state index contributed by atoms with van der Waals surface area (Å²) in [5.74, 6) is -0.691. The zero-order chi connectivity index (χ0) is 10.8. The van der Waals surface area contributed by atoms with Crippen molar-refractivity contribution in [2.45, 2.75) is 52.0 Å². The summed E-state index contributed by atoms with van der Waals surface area (Å²) in [6, 6.07) is 0. The number of carboxylic acid groups (broad SMARTS) is 1. The summed E-state index contributed by atoms with van der Waals surface area (Å²) in [5.41, 5.74) is -0.854. The molecule has 2 N–H and O–H groups in total. The van der Waals surface area contributed by atoms with Crippen molar-refractivity contribution in [3.05, 3.63) is 0 Å². The van der Waals surface area contributed by atoms with Crippen LogP contribution in [0.3, 0.4) is 0 Å². The van der Waals surface area contributed by atoms with Crippen LogP contribution in [0.1, 0.15) is 46.5 Å². The van der Waals surface area contributed by atoms with Crippen LogP contribution in [0.15, 0.2) is 0 Å². The van der Waals surface area contributed by atoms with Gasteiger partial charge in [0, 0.05) is 0 Å². The molecule has 0 radical (unpaired) electrons. The maximum Gasteiger partial charge on any atom is 0.324 e. The monoisotopic (exact) mass is 199 g/mol. The molecule has 0 spiro atoms. The first-order valence-electron chi connectivity index (χ1n) is 5.45. The average molecular weight is 199 g/mol. The summed E-state index contributed by atoms with van der Waals surface area (Å²) in [7, 11) is 0. The fraction of sp³-hybridized carbons (Fsp3) is 0.909. The molecular formula is C11H21NO2. The number of likely N-dealkylation sites (N-methyl/N-ethyl adjacent to an activating group) is 1. The lowest BCUT2D eigenvalue weighted by Gasteiger charge is -2.47. The molecule has 0 heterocycles. The quantitative estimate of drug-likeness (QED) is 0.731. The van der Waals surface area contributed by atoms with E-state index in [1.165, 1.54) is 0 Å². The molecule has 0 aromatic carbocycles. The predicted octanol–water partition coefficient (Wildman–Crippen LogP) is 2.02. The van der Waals surface area contributed by atoms with Gasteiger partial charge in [0.05, 0.1) is 0 Å². The summed E-state index contributed by atoms with van der Waals surface area (Å²) >= 11 is 0.